The van der Waals surface area contributed by atoms with E-state index in [9.17, 15) is 9.59 Å². The predicted molar refractivity (Wildman–Crippen MR) is 98.6 cm³/mol. The van der Waals surface area contributed by atoms with Crippen LogP contribution < -0.4 is 10.6 Å². The molecule has 0 spiro atoms. The molecule has 1 aromatic carbocycles. The van der Waals surface area contributed by atoms with Gasteiger partial charge in [-0.2, -0.15) is 0 Å². The van der Waals surface area contributed by atoms with Crippen LogP contribution in [-0.2, 0) is 9.53 Å². The van der Waals surface area contributed by atoms with Crippen molar-refractivity contribution in [1.82, 2.24) is 10.2 Å². The van der Waals surface area contributed by atoms with Gasteiger partial charge in [0.15, 0.2) is 0 Å². The van der Waals surface area contributed by atoms with Gasteiger partial charge in [-0.1, -0.05) is 12.2 Å². The molecule has 1 aliphatic rings. The number of amides is 2. The van der Waals surface area contributed by atoms with E-state index >= 15 is 0 Å². The Balaban J connectivity index is 2.01. The molecule has 1 aliphatic heterocycles. The molecule has 2 rings (SSSR count). The third kappa shape index (κ3) is 5.01. The SMILES string of the molecule is C=CCN(CC=C)C(=O)c1ccc(NC(=O)[C@H]2NCCO[C@@H]2C)cc1. The molecule has 0 saturated carbocycles. The summed E-state index contributed by atoms with van der Waals surface area (Å²) in [6.45, 7) is 11.4. The number of ether oxygens (including phenoxy) is 1. The lowest BCUT2D eigenvalue weighted by atomic mass is 10.1. The van der Waals surface area contributed by atoms with E-state index in [1.54, 1.807) is 41.3 Å². The molecule has 1 aromatic rings. The largest absolute Gasteiger partial charge is 0.375 e. The Hall–Kier alpha value is -2.44. The van der Waals surface area contributed by atoms with Gasteiger partial charge in [0, 0.05) is 30.9 Å². The minimum Gasteiger partial charge on any atom is -0.375 e. The molecule has 6 nitrogen and oxygen atoms in total. The van der Waals surface area contributed by atoms with E-state index in [1.807, 2.05) is 6.92 Å². The summed E-state index contributed by atoms with van der Waals surface area (Å²) in [5, 5.41) is 5.99. The van der Waals surface area contributed by atoms with Gasteiger partial charge in [-0.15, -0.1) is 13.2 Å². The number of anilines is 1. The first-order chi connectivity index (χ1) is 12.1. The minimum absolute atomic E-state index is 0.103. The third-order valence-corrected chi connectivity index (χ3v) is 3.98. The smallest absolute Gasteiger partial charge is 0.254 e. The highest BCUT2D eigenvalue weighted by Crippen LogP contribution is 2.14. The van der Waals surface area contributed by atoms with Crippen molar-refractivity contribution in [3.05, 3.63) is 55.1 Å². The van der Waals surface area contributed by atoms with E-state index in [2.05, 4.69) is 23.8 Å². The molecule has 2 atom stereocenters. The Morgan fingerprint density at radius 1 is 1.28 bits per heavy atom. The molecule has 2 amide bonds. The van der Waals surface area contributed by atoms with Crippen LogP contribution in [0.3, 0.4) is 0 Å². The first-order valence-corrected chi connectivity index (χ1v) is 8.33. The van der Waals surface area contributed by atoms with Crippen LogP contribution in [0.5, 0.6) is 0 Å². The summed E-state index contributed by atoms with van der Waals surface area (Å²) in [7, 11) is 0. The second-order valence-electron chi connectivity index (χ2n) is 5.86. The molecule has 0 aromatic heterocycles. The van der Waals surface area contributed by atoms with Gasteiger partial charge in [0.2, 0.25) is 5.91 Å². The highest BCUT2D eigenvalue weighted by Gasteiger charge is 2.28. The normalized spacial score (nSPS) is 19.7. The molecule has 6 heteroatoms. The minimum atomic E-state index is -0.384. The van der Waals surface area contributed by atoms with E-state index in [0.717, 1.165) is 0 Å². The van der Waals surface area contributed by atoms with Crippen LogP contribution in [0.1, 0.15) is 17.3 Å². The number of benzene rings is 1. The first-order valence-electron chi connectivity index (χ1n) is 8.33. The van der Waals surface area contributed by atoms with Gasteiger partial charge in [0.25, 0.3) is 5.91 Å². The lowest BCUT2D eigenvalue weighted by Gasteiger charge is -2.29. The van der Waals surface area contributed by atoms with Crippen LogP contribution in [0, 0.1) is 0 Å². The Kier molecular flexibility index (Phi) is 6.91. The zero-order chi connectivity index (χ0) is 18.2. The number of hydrogen-bond acceptors (Lipinski definition) is 4. The average Bonchev–Trinajstić information content (AvgIpc) is 2.62. The third-order valence-electron chi connectivity index (χ3n) is 3.98. The van der Waals surface area contributed by atoms with E-state index in [4.69, 9.17) is 4.74 Å². The van der Waals surface area contributed by atoms with E-state index in [-0.39, 0.29) is 24.0 Å². The zero-order valence-corrected chi connectivity index (χ0v) is 14.5. The maximum absolute atomic E-state index is 12.5. The van der Waals surface area contributed by atoms with Gasteiger partial charge in [0.1, 0.15) is 6.04 Å². The van der Waals surface area contributed by atoms with Gasteiger partial charge in [-0.25, -0.2) is 0 Å². The monoisotopic (exact) mass is 343 g/mol. The molecular formula is C19H25N3O3. The van der Waals surface area contributed by atoms with Crippen LogP contribution in [0.25, 0.3) is 0 Å². The maximum Gasteiger partial charge on any atom is 0.254 e. The van der Waals surface area contributed by atoms with Crippen molar-refractivity contribution in [3.8, 4) is 0 Å². The second-order valence-corrected chi connectivity index (χ2v) is 5.86. The Morgan fingerprint density at radius 2 is 1.92 bits per heavy atom. The number of hydrogen-bond donors (Lipinski definition) is 2. The number of morpholine rings is 1. The Labute approximate surface area is 148 Å². The fourth-order valence-corrected chi connectivity index (χ4v) is 2.68. The fourth-order valence-electron chi connectivity index (χ4n) is 2.68. The summed E-state index contributed by atoms with van der Waals surface area (Å²) in [6, 6.07) is 6.46. The topological polar surface area (TPSA) is 70.7 Å². The number of carbonyl (C=O) groups is 2. The molecule has 1 heterocycles. The van der Waals surface area contributed by atoms with Crippen LogP contribution in [0.2, 0.25) is 0 Å². The fraction of sp³-hybridized carbons (Fsp3) is 0.368. The quantitative estimate of drug-likeness (QED) is 0.741. The standard InChI is InChI=1S/C19H25N3O3/c1-4-11-22(12-5-2)19(24)15-6-8-16(9-7-15)21-18(23)17-14(3)25-13-10-20-17/h4-9,14,17,20H,1-2,10-13H2,3H3,(H,21,23)/t14-,17+/m1/s1. The van der Waals surface area contributed by atoms with E-state index in [0.29, 0.717) is 37.5 Å². The molecule has 0 aliphatic carbocycles. The Bertz CT molecular complexity index is 617. The number of nitrogens with one attached hydrogen (secondary N) is 2. The van der Waals surface area contributed by atoms with Crippen LogP contribution >= 0.6 is 0 Å². The van der Waals surface area contributed by atoms with Crippen molar-refractivity contribution in [1.29, 1.82) is 0 Å². The van der Waals surface area contributed by atoms with Crippen molar-refractivity contribution >= 4 is 17.5 Å². The lowest BCUT2D eigenvalue weighted by molar-refractivity contribution is -0.123. The summed E-state index contributed by atoms with van der Waals surface area (Å²) < 4.78 is 5.48. The summed E-state index contributed by atoms with van der Waals surface area (Å²) in [4.78, 5) is 26.4. The van der Waals surface area contributed by atoms with Crippen molar-refractivity contribution in [2.45, 2.75) is 19.1 Å². The molecule has 0 radical (unpaired) electrons. The molecular weight excluding hydrogens is 318 g/mol. The highest BCUT2D eigenvalue weighted by atomic mass is 16.5. The summed E-state index contributed by atoms with van der Waals surface area (Å²) in [6.07, 6.45) is 3.17. The molecule has 25 heavy (non-hydrogen) atoms. The van der Waals surface area contributed by atoms with Crippen molar-refractivity contribution in [3.63, 3.8) is 0 Å². The van der Waals surface area contributed by atoms with Crippen molar-refractivity contribution in [2.24, 2.45) is 0 Å². The van der Waals surface area contributed by atoms with Gasteiger partial charge in [-0.3, -0.25) is 9.59 Å². The first kappa shape index (κ1) is 18.9. The summed E-state index contributed by atoms with van der Waals surface area (Å²) >= 11 is 0. The molecule has 1 saturated heterocycles. The molecule has 134 valence electrons. The van der Waals surface area contributed by atoms with Crippen molar-refractivity contribution in [2.75, 3.05) is 31.6 Å². The summed E-state index contributed by atoms with van der Waals surface area (Å²) in [5.41, 5.74) is 1.19. The Morgan fingerprint density at radius 3 is 2.48 bits per heavy atom. The van der Waals surface area contributed by atoms with Gasteiger partial charge in [-0.05, 0) is 31.2 Å². The molecule has 0 bridgehead atoms. The maximum atomic E-state index is 12.5. The van der Waals surface area contributed by atoms with E-state index in [1.165, 1.54) is 0 Å². The molecule has 0 unspecified atom stereocenters. The number of rotatable bonds is 7. The van der Waals surface area contributed by atoms with E-state index < -0.39 is 0 Å². The van der Waals surface area contributed by atoms with Gasteiger partial charge < -0.3 is 20.3 Å². The zero-order valence-electron chi connectivity index (χ0n) is 14.5. The van der Waals surface area contributed by atoms with Crippen LogP contribution in [-0.4, -0.2) is 55.1 Å². The predicted octanol–water partition coefficient (Wildman–Crippen LogP) is 1.82. The van der Waals surface area contributed by atoms with Gasteiger partial charge >= 0.3 is 0 Å². The number of carbonyl (C=O) groups excluding carboxylic acids is 2. The molecule has 2 N–H and O–H groups in total. The van der Waals surface area contributed by atoms with Crippen molar-refractivity contribution < 1.29 is 14.3 Å². The van der Waals surface area contributed by atoms with Gasteiger partial charge in [0.05, 0.1) is 12.7 Å². The van der Waals surface area contributed by atoms with Crippen LogP contribution in [0.15, 0.2) is 49.6 Å². The average molecular weight is 343 g/mol. The second kappa shape index (κ2) is 9.15. The highest BCUT2D eigenvalue weighted by molar-refractivity contribution is 5.97. The van der Waals surface area contributed by atoms with Crippen LogP contribution in [0.4, 0.5) is 5.69 Å². The lowest BCUT2D eigenvalue weighted by Crippen LogP contribution is -2.53. The molecule has 1 fully saturated rings. The summed E-state index contributed by atoms with van der Waals surface area (Å²) in [5.74, 6) is -0.250. The number of nitrogens with zero attached hydrogens (tertiary/aromatic N) is 1.